The Morgan fingerprint density at radius 3 is 2.07 bits per heavy atom. The van der Waals surface area contributed by atoms with E-state index in [-0.39, 0.29) is 0 Å². The third-order valence-corrected chi connectivity index (χ3v) is 3.74. The van der Waals surface area contributed by atoms with E-state index in [0.717, 1.165) is 5.92 Å². The molecule has 2 fully saturated rings. The van der Waals surface area contributed by atoms with Crippen molar-refractivity contribution in [1.82, 2.24) is 4.90 Å². The highest BCUT2D eigenvalue weighted by atomic mass is 15.1. The van der Waals surface area contributed by atoms with Gasteiger partial charge in [-0.2, -0.15) is 0 Å². The van der Waals surface area contributed by atoms with Crippen molar-refractivity contribution in [3.8, 4) is 0 Å². The molecule has 2 aliphatic rings. The van der Waals surface area contributed by atoms with Crippen LogP contribution in [-0.4, -0.2) is 30.6 Å². The molecule has 14 heavy (non-hydrogen) atoms. The second kappa shape index (κ2) is 5.13. The van der Waals surface area contributed by atoms with Gasteiger partial charge in [0.2, 0.25) is 0 Å². The molecule has 0 aromatic rings. The van der Waals surface area contributed by atoms with Gasteiger partial charge < -0.3 is 10.6 Å². The van der Waals surface area contributed by atoms with Crippen LogP contribution >= 0.6 is 0 Å². The molecule has 2 N–H and O–H groups in total. The summed E-state index contributed by atoms with van der Waals surface area (Å²) in [6, 6.07) is 0.523. The van der Waals surface area contributed by atoms with Crippen molar-refractivity contribution in [2.45, 2.75) is 51.0 Å². The van der Waals surface area contributed by atoms with E-state index in [1.807, 2.05) is 0 Å². The summed E-state index contributed by atoms with van der Waals surface area (Å²) >= 11 is 0. The van der Waals surface area contributed by atoms with E-state index in [4.69, 9.17) is 5.73 Å². The van der Waals surface area contributed by atoms with Gasteiger partial charge in [0.1, 0.15) is 0 Å². The van der Waals surface area contributed by atoms with Crippen molar-refractivity contribution < 1.29 is 0 Å². The molecule has 0 bridgehead atoms. The highest BCUT2D eigenvalue weighted by molar-refractivity contribution is 4.84. The Hall–Kier alpha value is -0.0800. The third-order valence-electron chi connectivity index (χ3n) is 3.74. The van der Waals surface area contributed by atoms with Crippen LogP contribution in [0, 0.1) is 5.92 Å². The fourth-order valence-electron chi connectivity index (χ4n) is 2.80. The SMILES string of the molecule is NC1CC(CN2CCCCCCC2)C1. The Morgan fingerprint density at radius 2 is 1.50 bits per heavy atom. The molecular weight excluding hydrogens is 172 g/mol. The highest BCUT2D eigenvalue weighted by Gasteiger charge is 2.27. The van der Waals surface area contributed by atoms with Crippen LogP contribution in [0.15, 0.2) is 0 Å². The van der Waals surface area contributed by atoms with Gasteiger partial charge in [-0.1, -0.05) is 19.3 Å². The second-order valence-electron chi connectivity index (χ2n) is 5.17. The predicted octanol–water partition coefficient (Wildman–Crippen LogP) is 1.99. The molecule has 0 unspecified atom stereocenters. The van der Waals surface area contributed by atoms with Crippen LogP contribution in [0.2, 0.25) is 0 Å². The highest BCUT2D eigenvalue weighted by Crippen LogP contribution is 2.27. The molecule has 2 heteroatoms. The fraction of sp³-hybridized carbons (Fsp3) is 1.00. The van der Waals surface area contributed by atoms with Gasteiger partial charge in [0.25, 0.3) is 0 Å². The van der Waals surface area contributed by atoms with Crippen LogP contribution in [0.5, 0.6) is 0 Å². The zero-order valence-corrected chi connectivity index (χ0v) is 9.25. The molecule has 0 radical (unpaired) electrons. The molecule has 0 amide bonds. The van der Waals surface area contributed by atoms with E-state index in [9.17, 15) is 0 Å². The number of rotatable bonds is 2. The average Bonchev–Trinajstić information content (AvgIpc) is 2.06. The first-order chi connectivity index (χ1) is 6.84. The first-order valence-electron chi connectivity index (χ1n) is 6.32. The molecule has 1 aliphatic carbocycles. The first-order valence-corrected chi connectivity index (χ1v) is 6.32. The van der Waals surface area contributed by atoms with Crippen molar-refractivity contribution in [1.29, 1.82) is 0 Å². The summed E-state index contributed by atoms with van der Waals surface area (Å²) in [7, 11) is 0. The van der Waals surface area contributed by atoms with Gasteiger partial charge in [0, 0.05) is 12.6 Å². The van der Waals surface area contributed by atoms with Gasteiger partial charge in [-0.3, -0.25) is 0 Å². The molecule has 2 nitrogen and oxygen atoms in total. The number of hydrogen-bond acceptors (Lipinski definition) is 2. The number of hydrogen-bond donors (Lipinski definition) is 1. The molecule has 1 heterocycles. The summed E-state index contributed by atoms with van der Waals surface area (Å²) in [5.41, 5.74) is 5.81. The second-order valence-corrected chi connectivity index (χ2v) is 5.17. The van der Waals surface area contributed by atoms with Gasteiger partial charge in [0.05, 0.1) is 0 Å². The third kappa shape index (κ3) is 2.96. The van der Waals surface area contributed by atoms with Gasteiger partial charge in [-0.15, -0.1) is 0 Å². The van der Waals surface area contributed by atoms with Crippen LogP contribution in [0.4, 0.5) is 0 Å². The molecule has 2 rings (SSSR count). The molecule has 0 spiro atoms. The van der Waals surface area contributed by atoms with Crippen LogP contribution < -0.4 is 5.73 Å². The van der Waals surface area contributed by atoms with E-state index >= 15 is 0 Å². The van der Waals surface area contributed by atoms with E-state index in [0.29, 0.717) is 6.04 Å². The minimum absolute atomic E-state index is 0.523. The predicted molar refractivity (Wildman–Crippen MR) is 60.2 cm³/mol. The fourth-order valence-corrected chi connectivity index (χ4v) is 2.80. The molecule has 82 valence electrons. The minimum Gasteiger partial charge on any atom is -0.328 e. The van der Waals surface area contributed by atoms with Gasteiger partial charge >= 0.3 is 0 Å². The Bertz CT molecular complexity index is 156. The van der Waals surface area contributed by atoms with Crippen LogP contribution in [0.25, 0.3) is 0 Å². The zero-order valence-electron chi connectivity index (χ0n) is 9.25. The lowest BCUT2D eigenvalue weighted by atomic mass is 9.80. The first kappa shape index (κ1) is 10.4. The molecule has 0 aromatic heterocycles. The van der Waals surface area contributed by atoms with Crippen molar-refractivity contribution in [2.75, 3.05) is 19.6 Å². The largest absolute Gasteiger partial charge is 0.328 e. The van der Waals surface area contributed by atoms with Crippen LogP contribution in [-0.2, 0) is 0 Å². The van der Waals surface area contributed by atoms with Crippen LogP contribution in [0.3, 0.4) is 0 Å². The maximum atomic E-state index is 5.81. The Morgan fingerprint density at radius 1 is 0.929 bits per heavy atom. The Kier molecular flexibility index (Phi) is 3.82. The smallest absolute Gasteiger partial charge is 0.00450 e. The molecule has 0 aromatic carbocycles. The summed E-state index contributed by atoms with van der Waals surface area (Å²) in [4.78, 5) is 2.68. The van der Waals surface area contributed by atoms with Gasteiger partial charge in [-0.05, 0) is 44.7 Å². The van der Waals surface area contributed by atoms with Crippen molar-refractivity contribution in [2.24, 2.45) is 11.7 Å². The molecule has 1 aliphatic heterocycles. The van der Waals surface area contributed by atoms with Crippen LogP contribution in [0.1, 0.15) is 44.9 Å². The van der Waals surface area contributed by atoms with Crippen molar-refractivity contribution in [3.63, 3.8) is 0 Å². The monoisotopic (exact) mass is 196 g/mol. The quantitative estimate of drug-likeness (QED) is 0.732. The lowest BCUT2D eigenvalue weighted by molar-refractivity contribution is 0.151. The molecule has 1 saturated heterocycles. The van der Waals surface area contributed by atoms with Crippen molar-refractivity contribution >= 4 is 0 Å². The topological polar surface area (TPSA) is 29.3 Å². The molecular formula is C12H24N2. The normalized spacial score (nSPS) is 35.8. The maximum absolute atomic E-state index is 5.81. The van der Waals surface area contributed by atoms with E-state index < -0.39 is 0 Å². The van der Waals surface area contributed by atoms with Crippen molar-refractivity contribution in [3.05, 3.63) is 0 Å². The Labute approximate surface area is 87.8 Å². The molecule has 1 saturated carbocycles. The minimum atomic E-state index is 0.523. The van der Waals surface area contributed by atoms with E-state index in [1.165, 1.54) is 64.6 Å². The lowest BCUT2D eigenvalue weighted by Gasteiger charge is -2.37. The summed E-state index contributed by atoms with van der Waals surface area (Å²) in [5, 5.41) is 0. The number of nitrogens with two attached hydrogens (primary N) is 1. The Balaban J connectivity index is 1.67. The summed E-state index contributed by atoms with van der Waals surface area (Å²) < 4.78 is 0. The maximum Gasteiger partial charge on any atom is 0.00450 e. The summed E-state index contributed by atoms with van der Waals surface area (Å²) in [5.74, 6) is 0.921. The molecule has 0 atom stereocenters. The summed E-state index contributed by atoms with van der Waals surface area (Å²) in [6.07, 6.45) is 9.73. The lowest BCUT2D eigenvalue weighted by Crippen LogP contribution is -2.43. The number of likely N-dealkylation sites (tertiary alicyclic amines) is 1. The number of nitrogens with zero attached hydrogens (tertiary/aromatic N) is 1. The van der Waals surface area contributed by atoms with Gasteiger partial charge in [0.15, 0.2) is 0 Å². The standard InChI is InChI=1S/C12H24N2/c13-12-8-11(9-12)10-14-6-4-2-1-3-5-7-14/h11-12H,1-10,13H2. The van der Waals surface area contributed by atoms with E-state index in [2.05, 4.69) is 4.90 Å². The zero-order chi connectivity index (χ0) is 9.80. The van der Waals surface area contributed by atoms with Gasteiger partial charge in [-0.25, -0.2) is 0 Å². The summed E-state index contributed by atoms with van der Waals surface area (Å²) in [6.45, 7) is 4.01. The average molecular weight is 196 g/mol. The van der Waals surface area contributed by atoms with E-state index in [1.54, 1.807) is 0 Å².